The van der Waals surface area contributed by atoms with Gasteiger partial charge in [0.25, 0.3) is 5.91 Å². The van der Waals surface area contributed by atoms with Crippen molar-refractivity contribution in [1.82, 2.24) is 15.3 Å². The zero-order chi connectivity index (χ0) is 19.2. The molecular weight excluding hydrogens is 340 g/mol. The number of benzene rings is 2. The first-order valence-electron chi connectivity index (χ1n) is 8.64. The van der Waals surface area contributed by atoms with E-state index in [1.54, 1.807) is 20.1 Å². The number of hydrogen-bond acceptors (Lipinski definition) is 5. The Hall–Kier alpha value is -3.41. The van der Waals surface area contributed by atoms with E-state index >= 15 is 0 Å². The number of aryl methyl sites for hydroxylation is 2. The molecule has 1 heterocycles. The Morgan fingerprint density at radius 1 is 1.04 bits per heavy atom. The van der Waals surface area contributed by atoms with E-state index < -0.39 is 0 Å². The van der Waals surface area contributed by atoms with Gasteiger partial charge in [0.05, 0.1) is 12.8 Å². The van der Waals surface area contributed by atoms with Crippen LogP contribution in [-0.2, 0) is 6.54 Å². The number of nitrogens with zero attached hydrogens (tertiary/aromatic N) is 2. The van der Waals surface area contributed by atoms with Crippen LogP contribution >= 0.6 is 0 Å². The van der Waals surface area contributed by atoms with E-state index in [1.165, 1.54) is 0 Å². The summed E-state index contributed by atoms with van der Waals surface area (Å²) in [6, 6.07) is 17.2. The summed E-state index contributed by atoms with van der Waals surface area (Å²) >= 11 is 0. The van der Waals surface area contributed by atoms with Crippen molar-refractivity contribution in [3.63, 3.8) is 0 Å². The molecule has 0 spiro atoms. The van der Waals surface area contributed by atoms with Crippen molar-refractivity contribution >= 4 is 17.4 Å². The van der Waals surface area contributed by atoms with Gasteiger partial charge in [-0.15, -0.1) is 0 Å². The summed E-state index contributed by atoms with van der Waals surface area (Å²) in [6.07, 6.45) is 0. The lowest BCUT2D eigenvalue weighted by Crippen LogP contribution is -2.24. The van der Waals surface area contributed by atoms with Crippen molar-refractivity contribution < 1.29 is 9.53 Å². The van der Waals surface area contributed by atoms with Crippen LogP contribution in [0.25, 0.3) is 0 Å². The van der Waals surface area contributed by atoms with Crippen molar-refractivity contribution in [3.05, 3.63) is 77.2 Å². The Morgan fingerprint density at radius 3 is 2.63 bits per heavy atom. The highest BCUT2D eigenvalue weighted by molar-refractivity contribution is 5.93. The number of para-hydroxylation sites is 2. The zero-order valence-electron chi connectivity index (χ0n) is 15.6. The molecule has 2 N–H and O–H groups in total. The zero-order valence-corrected chi connectivity index (χ0v) is 15.6. The molecule has 0 saturated carbocycles. The van der Waals surface area contributed by atoms with E-state index in [0.29, 0.717) is 29.6 Å². The van der Waals surface area contributed by atoms with Gasteiger partial charge in [0.1, 0.15) is 23.1 Å². The third-order valence-electron chi connectivity index (χ3n) is 3.98. The largest absolute Gasteiger partial charge is 0.495 e. The van der Waals surface area contributed by atoms with Crippen LogP contribution in [0.1, 0.15) is 27.4 Å². The van der Waals surface area contributed by atoms with E-state index in [9.17, 15) is 4.79 Å². The Balaban J connectivity index is 1.75. The summed E-state index contributed by atoms with van der Waals surface area (Å²) < 4.78 is 5.34. The Kier molecular flexibility index (Phi) is 5.66. The lowest BCUT2D eigenvalue weighted by molar-refractivity contribution is 0.0945. The van der Waals surface area contributed by atoms with Gasteiger partial charge >= 0.3 is 0 Å². The number of carbonyl (C=O) groups is 1. The molecular formula is C21H22N4O2. The van der Waals surface area contributed by atoms with Gasteiger partial charge < -0.3 is 15.4 Å². The number of amides is 1. The molecule has 0 saturated heterocycles. The van der Waals surface area contributed by atoms with Crippen molar-refractivity contribution in [2.24, 2.45) is 0 Å². The second-order valence-corrected chi connectivity index (χ2v) is 6.18. The van der Waals surface area contributed by atoms with Crippen molar-refractivity contribution in [1.29, 1.82) is 0 Å². The lowest BCUT2D eigenvalue weighted by atomic mass is 10.1. The number of carbonyl (C=O) groups excluding carboxylic acids is 1. The minimum atomic E-state index is -0.245. The molecule has 0 atom stereocenters. The maximum absolute atomic E-state index is 12.5. The quantitative estimate of drug-likeness (QED) is 0.698. The molecule has 27 heavy (non-hydrogen) atoms. The van der Waals surface area contributed by atoms with Gasteiger partial charge in [0.2, 0.25) is 0 Å². The van der Waals surface area contributed by atoms with Gasteiger partial charge in [-0.3, -0.25) is 4.79 Å². The van der Waals surface area contributed by atoms with Gasteiger partial charge in [0.15, 0.2) is 0 Å². The van der Waals surface area contributed by atoms with Crippen molar-refractivity contribution in [3.8, 4) is 5.75 Å². The number of anilines is 2. The van der Waals surface area contributed by atoms with Crippen LogP contribution in [0.15, 0.2) is 54.6 Å². The molecule has 138 valence electrons. The third kappa shape index (κ3) is 4.82. The van der Waals surface area contributed by atoms with Crippen LogP contribution in [0.2, 0.25) is 0 Å². The number of nitrogens with one attached hydrogen (secondary N) is 2. The van der Waals surface area contributed by atoms with Crippen LogP contribution in [-0.4, -0.2) is 23.0 Å². The molecule has 0 fully saturated rings. The topological polar surface area (TPSA) is 76.1 Å². The van der Waals surface area contributed by atoms with Gasteiger partial charge in [0, 0.05) is 12.6 Å². The predicted octanol–water partition coefficient (Wildman–Crippen LogP) is 3.78. The fraction of sp³-hybridized carbons (Fsp3) is 0.190. The second kappa shape index (κ2) is 8.31. The van der Waals surface area contributed by atoms with Gasteiger partial charge in [-0.1, -0.05) is 42.0 Å². The number of hydrogen-bond donors (Lipinski definition) is 2. The minimum absolute atomic E-state index is 0.245. The Morgan fingerprint density at radius 2 is 1.85 bits per heavy atom. The fourth-order valence-corrected chi connectivity index (χ4v) is 2.73. The lowest BCUT2D eigenvalue weighted by Gasteiger charge is -2.12. The van der Waals surface area contributed by atoms with Gasteiger partial charge in [-0.2, -0.15) is 0 Å². The summed E-state index contributed by atoms with van der Waals surface area (Å²) in [5, 5.41) is 6.09. The molecule has 0 aliphatic rings. The summed E-state index contributed by atoms with van der Waals surface area (Å²) in [5.74, 6) is 1.49. The molecule has 0 radical (unpaired) electrons. The van der Waals surface area contributed by atoms with E-state index in [4.69, 9.17) is 4.74 Å². The first kappa shape index (κ1) is 18.4. The fourth-order valence-electron chi connectivity index (χ4n) is 2.73. The highest BCUT2D eigenvalue weighted by Crippen LogP contribution is 2.26. The van der Waals surface area contributed by atoms with Crippen LogP contribution in [0.5, 0.6) is 5.75 Å². The molecule has 3 rings (SSSR count). The monoisotopic (exact) mass is 362 g/mol. The molecule has 6 nitrogen and oxygen atoms in total. The van der Waals surface area contributed by atoms with E-state index in [2.05, 4.69) is 20.6 Å². The Labute approximate surface area is 158 Å². The number of methoxy groups -OCH3 is 1. The first-order chi connectivity index (χ1) is 13.0. The van der Waals surface area contributed by atoms with Crippen LogP contribution in [0.3, 0.4) is 0 Å². The van der Waals surface area contributed by atoms with Crippen LogP contribution in [0, 0.1) is 13.8 Å². The van der Waals surface area contributed by atoms with E-state index in [0.717, 1.165) is 16.8 Å². The molecule has 1 aromatic heterocycles. The van der Waals surface area contributed by atoms with Crippen molar-refractivity contribution in [2.75, 3.05) is 12.4 Å². The molecule has 2 aromatic carbocycles. The highest BCUT2D eigenvalue weighted by Gasteiger charge is 2.12. The average molecular weight is 362 g/mol. The van der Waals surface area contributed by atoms with Crippen molar-refractivity contribution in [2.45, 2.75) is 20.4 Å². The highest BCUT2D eigenvalue weighted by atomic mass is 16.5. The standard InChI is InChI=1S/C21H22N4O2/c1-14-7-6-8-16(11-14)13-22-21(26)18-12-20(24-15(2)23-18)25-17-9-4-5-10-19(17)27-3/h4-12H,13H2,1-3H3,(H,22,26)(H,23,24,25). The smallest absolute Gasteiger partial charge is 0.270 e. The van der Waals surface area contributed by atoms with Crippen LogP contribution < -0.4 is 15.4 Å². The van der Waals surface area contributed by atoms with Crippen LogP contribution in [0.4, 0.5) is 11.5 Å². The maximum Gasteiger partial charge on any atom is 0.270 e. The molecule has 0 aliphatic heterocycles. The van der Waals surface area contributed by atoms with E-state index in [-0.39, 0.29) is 5.91 Å². The summed E-state index contributed by atoms with van der Waals surface area (Å²) in [7, 11) is 1.61. The minimum Gasteiger partial charge on any atom is -0.495 e. The van der Waals surface area contributed by atoms with Gasteiger partial charge in [-0.05, 0) is 31.5 Å². The molecule has 0 aliphatic carbocycles. The predicted molar refractivity (Wildman–Crippen MR) is 105 cm³/mol. The molecule has 6 heteroatoms. The third-order valence-corrected chi connectivity index (χ3v) is 3.98. The maximum atomic E-state index is 12.5. The van der Waals surface area contributed by atoms with E-state index in [1.807, 2.05) is 55.5 Å². The van der Waals surface area contributed by atoms with Gasteiger partial charge in [-0.25, -0.2) is 9.97 Å². The molecule has 0 bridgehead atoms. The molecule has 1 amide bonds. The second-order valence-electron chi connectivity index (χ2n) is 6.18. The molecule has 3 aromatic rings. The summed E-state index contributed by atoms with van der Waals surface area (Å²) in [5.41, 5.74) is 3.28. The number of aromatic nitrogens is 2. The first-order valence-corrected chi connectivity index (χ1v) is 8.64. The number of rotatable bonds is 6. The number of ether oxygens (including phenoxy) is 1. The SMILES string of the molecule is COc1ccccc1Nc1cc(C(=O)NCc2cccc(C)c2)nc(C)n1. The molecule has 0 unspecified atom stereocenters. The average Bonchev–Trinajstić information content (AvgIpc) is 2.66. The normalized spacial score (nSPS) is 10.3. The summed E-state index contributed by atoms with van der Waals surface area (Å²) in [6.45, 7) is 4.22. The Bertz CT molecular complexity index is 956. The summed E-state index contributed by atoms with van der Waals surface area (Å²) in [4.78, 5) is 21.1.